The summed E-state index contributed by atoms with van der Waals surface area (Å²) in [7, 11) is 1.91. The van der Waals surface area contributed by atoms with Gasteiger partial charge in [-0.1, -0.05) is 12.1 Å². The Kier molecular flexibility index (Phi) is 5.16. The molecule has 3 aromatic heterocycles. The maximum atomic E-state index is 5.91. The van der Waals surface area contributed by atoms with E-state index in [1.165, 1.54) is 0 Å². The highest BCUT2D eigenvalue weighted by Gasteiger charge is 2.16. The molecule has 28 heavy (non-hydrogen) atoms. The number of pyridine rings is 1. The van der Waals surface area contributed by atoms with E-state index in [2.05, 4.69) is 32.3 Å². The summed E-state index contributed by atoms with van der Waals surface area (Å²) < 4.78 is 2.01. The third kappa shape index (κ3) is 3.65. The number of nitrogens with two attached hydrogens (primary N) is 1. The first-order valence-corrected chi connectivity index (χ1v) is 9.24. The van der Waals surface area contributed by atoms with Crippen LogP contribution in [0, 0.1) is 0 Å². The zero-order valence-electron chi connectivity index (χ0n) is 15.8. The lowest BCUT2D eigenvalue weighted by atomic mass is 10.1. The molecule has 0 radical (unpaired) electrons. The summed E-state index contributed by atoms with van der Waals surface area (Å²) in [5, 5.41) is 3.18. The molecule has 0 aliphatic rings. The van der Waals surface area contributed by atoms with Crippen LogP contribution in [0.1, 0.15) is 5.56 Å². The number of fused-ring (bicyclic) bond motifs is 1. The van der Waals surface area contributed by atoms with Gasteiger partial charge in [0, 0.05) is 68.9 Å². The molecule has 7 heteroatoms. The van der Waals surface area contributed by atoms with Crippen molar-refractivity contribution in [1.29, 1.82) is 0 Å². The fraction of sp³-hybridized carbons (Fsp3) is 0.190. The summed E-state index contributed by atoms with van der Waals surface area (Å²) >= 11 is 0. The van der Waals surface area contributed by atoms with E-state index in [1.807, 2.05) is 48.1 Å². The van der Waals surface area contributed by atoms with Crippen LogP contribution in [0.2, 0.25) is 0 Å². The molecule has 0 atom stereocenters. The molecule has 3 heterocycles. The molecule has 0 aliphatic heterocycles. The number of nitrogens with zero attached hydrogens (tertiary/aromatic N) is 5. The van der Waals surface area contributed by atoms with Crippen molar-refractivity contribution in [3.05, 3.63) is 72.9 Å². The van der Waals surface area contributed by atoms with Gasteiger partial charge in [0.1, 0.15) is 0 Å². The van der Waals surface area contributed by atoms with Crippen molar-refractivity contribution in [2.75, 3.05) is 30.4 Å². The van der Waals surface area contributed by atoms with Gasteiger partial charge in [0.15, 0.2) is 11.5 Å². The topological polar surface area (TPSA) is 84.4 Å². The SMILES string of the molecule is CNc1cccc(-c2cn3ccnc3c(N(CCN)Cc3ccncc3)n2)c1. The van der Waals surface area contributed by atoms with Crippen molar-refractivity contribution in [2.24, 2.45) is 5.73 Å². The zero-order valence-corrected chi connectivity index (χ0v) is 15.8. The number of rotatable bonds is 7. The van der Waals surface area contributed by atoms with Crippen LogP contribution < -0.4 is 16.0 Å². The second kappa shape index (κ2) is 8.06. The molecule has 142 valence electrons. The number of aromatic nitrogens is 4. The predicted molar refractivity (Wildman–Crippen MR) is 112 cm³/mol. The van der Waals surface area contributed by atoms with Crippen molar-refractivity contribution >= 4 is 17.2 Å². The van der Waals surface area contributed by atoms with Gasteiger partial charge in [-0.2, -0.15) is 0 Å². The molecule has 0 bridgehead atoms. The van der Waals surface area contributed by atoms with E-state index < -0.39 is 0 Å². The van der Waals surface area contributed by atoms with Crippen molar-refractivity contribution in [2.45, 2.75) is 6.54 Å². The Morgan fingerprint density at radius 3 is 2.79 bits per heavy atom. The van der Waals surface area contributed by atoms with Crippen molar-refractivity contribution in [3.63, 3.8) is 0 Å². The fourth-order valence-corrected chi connectivity index (χ4v) is 3.22. The molecule has 4 aromatic rings. The van der Waals surface area contributed by atoms with Crippen LogP contribution in [0.4, 0.5) is 11.5 Å². The zero-order chi connectivity index (χ0) is 19.3. The van der Waals surface area contributed by atoms with Gasteiger partial charge in [0.05, 0.1) is 5.69 Å². The van der Waals surface area contributed by atoms with Gasteiger partial charge in [-0.3, -0.25) is 4.98 Å². The van der Waals surface area contributed by atoms with Crippen LogP contribution >= 0.6 is 0 Å². The molecule has 0 aliphatic carbocycles. The number of hydrogen-bond donors (Lipinski definition) is 2. The van der Waals surface area contributed by atoms with Gasteiger partial charge in [0.25, 0.3) is 0 Å². The van der Waals surface area contributed by atoms with E-state index in [1.54, 1.807) is 18.6 Å². The van der Waals surface area contributed by atoms with Crippen molar-refractivity contribution in [1.82, 2.24) is 19.4 Å². The molecule has 0 amide bonds. The summed E-state index contributed by atoms with van der Waals surface area (Å²) in [5.74, 6) is 0.819. The normalized spacial score (nSPS) is 10.9. The van der Waals surface area contributed by atoms with E-state index in [0.717, 1.165) is 34.0 Å². The molecule has 3 N–H and O–H groups in total. The van der Waals surface area contributed by atoms with Crippen LogP contribution in [-0.2, 0) is 6.54 Å². The van der Waals surface area contributed by atoms with Gasteiger partial charge in [-0.05, 0) is 29.8 Å². The first-order valence-electron chi connectivity index (χ1n) is 9.24. The Balaban J connectivity index is 1.80. The largest absolute Gasteiger partial charge is 0.388 e. The maximum absolute atomic E-state index is 5.91. The van der Waals surface area contributed by atoms with E-state index >= 15 is 0 Å². The first kappa shape index (κ1) is 17.9. The van der Waals surface area contributed by atoms with Crippen molar-refractivity contribution < 1.29 is 0 Å². The maximum Gasteiger partial charge on any atom is 0.180 e. The molecule has 7 nitrogen and oxygen atoms in total. The van der Waals surface area contributed by atoms with Crippen LogP contribution in [-0.4, -0.2) is 39.5 Å². The number of hydrogen-bond acceptors (Lipinski definition) is 6. The lowest BCUT2D eigenvalue weighted by Gasteiger charge is -2.24. The fourth-order valence-electron chi connectivity index (χ4n) is 3.22. The van der Waals surface area contributed by atoms with E-state index in [-0.39, 0.29) is 0 Å². The highest BCUT2D eigenvalue weighted by atomic mass is 15.2. The Morgan fingerprint density at radius 1 is 1.14 bits per heavy atom. The van der Waals surface area contributed by atoms with Gasteiger partial charge in [-0.25, -0.2) is 9.97 Å². The molecule has 0 fully saturated rings. The number of nitrogens with one attached hydrogen (secondary N) is 1. The van der Waals surface area contributed by atoms with Gasteiger partial charge in [-0.15, -0.1) is 0 Å². The minimum Gasteiger partial charge on any atom is -0.388 e. The Labute approximate surface area is 163 Å². The standard InChI is InChI=1S/C21H23N7/c1-23-18-4-2-3-17(13-18)19-15-28-12-10-25-20(28)21(26-19)27(11-7-22)14-16-5-8-24-9-6-16/h2-6,8-10,12-13,15,23H,7,11,14,22H2,1H3. The van der Waals surface area contributed by atoms with E-state index in [4.69, 9.17) is 10.7 Å². The molecule has 0 unspecified atom stereocenters. The molecule has 0 saturated heterocycles. The summed E-state index contributed by atoms with van der Waals surface area (Å²) in [5.41, 5.74) is 10.8. The number of imidazole rings is 1. The molecule has 4 rings (SSSR count). The van der Waals surface area contributed by atoms with Crippen LogP contribution in [0.25, 0.3) is 16.9 Å². The third-order valence-electron chi connectivity index (χ3n) is 4.62. The Morgan fingerprint density at radius 2 is 2.00 bits per heavy atom. The Bertz CT molecular complexity index is 1060. The predicted octanol–water partition coefficient (Wildman–Crippen LogP) is 2.80. The van der Waals surface area contributed by atoms with Gasteiger partial charge in [0.2, 0.25) is 0 Å². The minimum atomic E-state index is 0.527. The average molecular weight is 373 g/mol. The van der Waals surface area contributed by atoms with Crippen molar-refractivity contribution in [3.8, 4) is 11.3 Å². The van der Waals surface area contributed by atoms with E-state index in [9.17, 15) is 0 Å². The lowest BCUT2D eigenvalue weighted by molar-refractivity contribution is 0.774. The van der Waals surface area contributed by atoms with E-state index in [0.29, 0.717) is 19.6 Å². The summed E-state index contributed by atoms with van der Waals surface area (Å²) in [6.45, 7) is 1.90. The summed E-state index contributed by atoms with van der Waals surface area (Å²) in [4.78, 5) is 15.8. The monoisotopic (exact) mass is 373 g/mol. The lowest BCUT2D eigenvalue weighted by Crippen LogP contribution is -2.30. The molecule has 1 aromatic carbocycles. The van der Waals surface area contributed by atoms with Crippen LogP contribution in [0.3, 0.4) is 0 Å². The second-order valence-electron chi connectivity index (χ2n) is 6.50. The van der Waals surface area contributed by atoms with Crippen LogP contribution in [0.5, 0.6) is 0 Å². The molecular formula is C21H23N7. The van der Waals surface area contributed by atoms with Crippen LogP contribution in [0.15, 0.2) is 67.4 Å². The molecule has 0 saturated carbocycles. The highest BCUT2D eigenvalue weighted by molar-refractivity contribution is 5.72. The molecule has 0 spiro atoms. The number of anilines is 2. The summed E-state index contributed by atoms with van der Waals surface area (Å²) in [6, 6.07) is 12.2. The Hall–Kier alpha value is -3.45. The minimum absolute atomic E-state index is 0.527. The number of benzene rings is 1. The van der Waals surface area contributed by atoms with Gasteiger partial charge < -0.3 is 20.4 Å². The quantitative estimate of drug-likeness (QED) is 0.518. The smallest absolute Gasteiger partial charge is 0.180 e. The second-order valence-corrected chi connectivity index (χ2v) is 6.50. The molecular weight excluding hydrogens is 350 g/mol. The first-order chi connectivity index (χ1) is 13.8. The van der Waals surface area contributed by atoms with Gasteiger partial charge >= 0.3 is 0 Å². The summed E-state index contributed by atoms with van der Waals surface area (Å²) in [6.07, 6.45) is 9.34. The third-order valence-corrected chi connectivity index (χ3v) is 4.62. The highest BCUT2D eigenvalue weighted by Crippen LogP contribution is 2.27. The average Bonchev–Trinajstić information content (AvgIpc) is 3.22.